The van der Waals surface area contributed by atoms with Crippen LogP contribution < -0.4 is 15.2 Å². The summed E-state index contributed by atoms with van der Waals surface area (Å²) in [5.74, 6) is 1.63. The first kappa shape index (κ1) is 15.1. The Morgan fingerprint density at radius 1 is 1.10 bits per heavy atom. The van der Waals surface area contributed by atoms with E-state index in [1.807, 2.05) is 24.3 Å². The molecule has 0 amide bonds. The van der Waals surface area contributed by atoms with Crippen LogP contribution in [0, 0.1) is 0 Å². The molecule has 0 saturated carbocycles. The maximum atomic E-state index is 5.93. The van der Waals surface area contributed by atoms with E-state index in [2.05, 4.69) is 0 Å². The van der Waals surface area contributed by atoms with Gasteiger partial charge in [0.2, 0.25) is 0 Å². The molecule has 0 aromatic heterocycles. The minimum Gasteiger partial charge on any atom is -0.497 e. The number of ether oxygens (including phenoxy) is 4. The summed E-state index contributed by atoms with van der Waals surface area (Å²) >= 11 is 0. The highest BCUT2D eigenvalue weighted by Gasteiger charge is 2.31. The van der Waals surface area contributed by atoms with E-state index in [9.17, 15) is 0 Å². The smallest absolute Gasteiger partial charge is 0.119 e. The molecule has 1 heterocycles. The minimum atomic E-state index is -0.235. The third-order valence-corrected chi connectivity index (χ3v) is 3.60. The molecule has 1 saturated heterocycles. The van der Waals surface area contributed by atoms with Gasteiger partial charge in [-0.2, -0.15) is 0 Å². The molecule has 1 aliphatic heterocycles. The Kier molecular flexibility index (Phi) is 5.64. The molecule has 1 aromatic rings. The van der Waals surface area contributed by atoms with Gasteiger partial charge in [-0.15, -0.1) is 0 Å². The monoisotopic (exact) mass is 281 g/mol. The fourth-order valence-electron chi connectivity index (χ4n) is 2.24. The van der Waals surface area contributed by atoms with Crippen LogP contribution in [0.2, 0.25) is 0 Å². The van der Waals surface area contributed by atoms with Gasteiger partial charge in [0.15, 0.2) is 0 Å². The number of rotatable bonds is 7. The van der Waals surface area contributed by atoms with Gasteiger partial charge >= 0.3 is 0 Å². The zero-order valence-corrected chi connectivity index (χ0v) is 12.0. The molecular formula is C15H23NO4. The number of methoxy groups -OCH3 is 1. The maximum absolute atomic E-state index is 5.93. The van der Waals surface area contributed by atoms with Crippen molar-refractivity contribution in [2.24, 2.45) is 5.73 Å². The van der Waals surface area contributed by atoms with E-state index in [0.29, 0.717) is 19.8 Å². The summed E-state index contributed by atoms with van der Waals surface area (Å²) < 4.78 is 22.0. The second kappa shape index (κ2) is 7.47. The van der Waals surface area contributed by atoms with E-state index in [4.69, 9.17) is 24.7 Å². The fraction of sp³-hybridized carbons (Fsp3) is 0.600. The summed E-state index contributed by atoms with van der Waals surface area (Å²) in [4.78, 5) is 0. The summed E-state index contributed by atoms with van der Waals surface area (Å²) in [6, 6.07) is 7.50. The van der Waals surface area contributed by atoms with Crippen LogP contribution in [0.3, 0.4) is 0 Å². The third-order valence-electron chi connectivity index (χ3n) is 3.60. The van der Waals surface area contributed by atoms with Gasteiger partial charge in [0.05, 0.1) is 19.3 Å². The van der Waals surface area contributed by atoms with Crippen molar-refractivity contribution in [3.63, 3.8) is 0 Å². The Morgan fingerprint density at radius 3 is 2.35 bits per heavy atom. The van der Waals surface area contributed by atoms with Crippen molar-refractivity contribution in [3.8, 4) is 11.5 Å². The largest absolute Gasteiger partial charge is 0.497 e. The summed E-state index contributed by atoms with van der Waals surface area (Å²) in [7, 11) is 1.64. The Morgan fingerprint density at radius 2 is 1.75 bits per heavy atom. The molecule has 0 bridgehead atoms. The molecule has 2 rings (SSSR count). The van der Waals surface area contributed by atoms with Gasteiger partial charge < -0.3 is 24.7 Å². The maximum Gasteiger partial charge on any atom is 0.119 e. The highest BCUT2D eigenvalue weighted by molar-refractivity contribution is 5.31. The summed E-state index contributed by atoms with van der Waals surface area (Å²) in [6.07, 6.45) is 1.71. The van der Waals surface area contributed by atoms with Crippen LogP contribution >= 0.6 is 0 Å². The minimum absolute atomic E-state index is 0.235. The summed E-state index contributed by atoms with van der Waals surface area (Å²) in [5, 5.41) is 0. The number of hydrogen-bond acceptors (Lipinski definition) is 5. The van der Waals surface area contributed by atoms with E-state index < -0.39 is 0 Å². The average Bonchev–Trinajstić information content (AvgIpc) is 2.53. The zero-order valence-electron chi connectivity index (χ0n) is 12.0. The van der Waals surface area contributed by atoms with Crippen LogP contribution in [0.15, 0.2) is 24.3 Å². The van der Waals surface area contributed by atoms with Gasteiger partial charge in [0, 0.05) is 32.6 Å². The van der Waals surface area contributed by atoms with Crippen molar-refractivity contribution in [1.82, 2.24) is 0 Å². The van der Waals surface area contributed by atoms with Crippen LogP contribution in [0.1, 0.15) is 12.8 Å². The average molecular weight is 281 g/mol. The van der Waals surface area contributed by atoms with Gasteiger partial charge in [-0.05, 0) is 24.3 Å². The first-order valence-corrected chi connectivity index (χ1v) is 6.97. The van der Waals surface area contributed by atoms with Crippen molar-refractivity contribution in [2.45, 2.75) is 18.4 Å². The van der Waals surface area contributed by atoms with Crippen molar-refractivity contribution >= 4 is 0 Å². The Balaban J connectivity index is 1.72. The Labute approximate surface area is 120 Å². The topological polar surface area (TPSA) is 62.9 Å². The molecule has 20 heavy (non-hydrogen) atoms. The van der Waals surface area contributed by atoms with E-state index in [1.165, 1.54) is 0 Å². The Bertz CT molecular complexity index is 387. The van der Waals surface area contributed by atoms with E-state index in [1.54, 1.807) is 7.11 Å². The van der Waals surface area contributed by atoms with Gasteiger partial charge in [0.1, 0.15) is 18.1 Å². The lowest BCUT2D eigenvalue weighted by Crippen LogP contribution is -2.46. The van der Waals surface area contributed by atoms with Crippen LogP contribution in [0.25, 0.3) is 0 Å². The molecule has 1 aliphatic rings. The first-order valence-electron chi connectivity index (χ1n) is 6.97. The number of benzene rings is 1. The molecule has 0 radical (unpaired) electrons. The molecule has 1 fully saturated rings. The van der Waals surface area contributed by atoms with E-state index in [-0.39, 0.29) is 5.60 Å². The molecular weight excluding hydrogens is 258 g/mol. The van der Waals surface area contributed by atoms with Crippen LogP contribution in [-0.4, -0.2) is 45.7 Å². The van der Waals surface area contributed by atoms with Gasteiger partial charge in [-0.3, -0.25) is 0 Å². The molecule has 2 N–H and O–H groups in total. The molecule has 5 nitrogen and oxygen atoms in total. The van der Waals surface area contributed by atoms with Crippen molar-refractivity contribution in [3.05, 3.63) is 24.3 Å². The third kappa shape index (κ3) is 4.10. The molecule has 5 heteroatoms. The number of nitrogens with two attached hydrogens (primary N) is 1. The zero-order chi connectivity index (χ0) is 14.3. The molecule has 0 atom stereocenters. The molecule has 0 aliphatic carbocycles. The lowest BCUT2D eigenvalue weighted by molar-refractivity contribution is -0.109. The van der Waals surface area contributed by atoms with Gasteiger partial charge in [-0.1, -0.05) is 0 Å². The standard InChI is InChI=1S/C15H23NO4/c1-17-13-2-4-14(5-3-13)19-10-11-20-15(12-16)6-8-18-9-7-15/h2-5H,6-12,16H2,1H3. The second-order valence-electron chi connectivity index (χ2n) is 4.87. The fourth-order valence-corrected chi connectivity index (χ4v) is 2.24. The number of hydrogen-bond donors (Lipinski definition) is 1. The molecule has 112 valence electrons. The van der Waals surface area contributed by atoms with Crippen molar-refractivity contribution in [1.29, 1.82) is 0 Å². The molecule has 0 unspecified atom stereocenters. The molecule has 1 aromatic carbocycles. The lowest BCUT2D eigenvalue weighted by Gasteiger charge is -2.36. The van der Waals surface area contributed by atoms with Crippen LogP contribution in [0.4, 0.5) is 0 Å². The van der Waals surface area contributed by atoms with Crippen LogP contribution in [0.5, 0.6) is 11.5 Å². The van der Waals surface area contributed by atoms with Gasteiger partial charge in [0.25, 0.3) is 0 Å². The van der Waals surface area contributed by atoms with Crippen LogP contribution in [-0.2, 0) is 9.47 Å². The van der Waals surface area contributed by atoms with E-state index in [0.717, 1.165) is 37.6 Å². The highest BCUT2D eigenvalue weighted by atomic mass is 16.5. The SMILES string of the molecule is COc1ccc(OCCOC2(CN)CCOCC2)cc1. The predicted octanol–water partition coefficient (Wildman–Crippen LogP) is 1.60. The first-order chi connectivity index (χ1) is 9.78. The normalized spacial score (nSPS) is 17.7. The summed E-state index contributed by atoms with van der Waals surface area (Å²) in [5.41, 5.74) is 5.59. The van der Waals surface area contributed by atoms with Gasteiger partial charge in [-0.25, -0.2) is 0 Å². The van der Waals surface area contributed by atoms with E-state index >= 15 is 0 Å². The summed E-state index contributed by atoms with van der Waals surface area (Å²) in [6.45, 7) is 3.00. The lowest BCUT2D eigenvalue weighted by atomic mass is 9.94. The second-order valence-corrected chi connectivity index (χ2v) is 4.87. The van der Waals surface area contributed by atoms with Crippen molar-refractivity contribution < 1.29 is 18.9 Å². The quantitative estimate of drug-likeness (QED) is 0.769. The van der Waals surface area contributed by atoms with Crippen molar-refractivity contribution in [2.75, 3.05) is 40.1 Å². The predicted molar refractivity (Wildman–Crippen MR) is 76.3 cm³/mol. The molecule has 0 spiro atoms. The highest BCUT2D eigenvalue weighted by Crippen LogP contribution is 2.24. The Hall–Kier alpha value is -1.30.